The first-order valence-corrected chi connectivity index (χ1v) is 15.7. The summed E-state index contributed by atoms with van der Waals surface area (Å²) in [6, 6.07) is 7.31. The molecule has 5 rings (SSSR count). The van der Waals surface area contributed by atoms with Crippen LogP contribution in [-0.4, -0.2) is 92.9 Å². The number of carbonyl (C=O) groups excluding carboxylic acids is 4. The SMILES string of the molecule is CC(=O)NC(c1ccccc1)C(O)C(=O)OC1CC2(C)C(OC(C)=O)C3C4(O)COC4CC(O)[C@@]3(C)C(=O)C(O)C(=C1C)C2(C)C.[Ac]. The molecule has 3 aliphatic carbocycles. The molecule has 0 spiro atoms. The zero-order valence-electron chi connectivity index (χ0n) is 27.9. The summed E-state index contributed by atoms with van der Waals surface area (Å²) in [6.45, 7) is 10.8. The molecule has 2 saturated carbocycles. The Balaban J connectivity index is 0.00000500. The van der Waals surface area contributed by atoms with E-state index in [0.717, 1.165) is 0 Å². The maximum atomic E-state index is 14.4. The summed E-state index contributed by atoms with van der Waals surface area (Å²) in [7, 11) is 0. The van der Waals surface area contributed by atoms with Crippen LogP contribution < -0.4 is 5.32 Å². The molecule has 1 aliphatic heterocycles. The Kier molecular flexibility index (Phi) is 10.7. The van der Waals surface area contributed by atoms with Crippen LogP contribution in [0.1, 0.15) is 72.9 Å². The van der Waals surface area contributed by atoms with Crippen LogP contribution in [0.15, 0.2) is 41.5 Å². The number of esters is 2. The van der Waals surface area contributed by atoms with E-state index in [0.29, 0.717) is 11.1 Å². The van der Waals surface area contributed by atoms with E-state index >= 15 is 0 Å². The van der Waals surface area contributed by atoms with Crippen molar-refractivity contribution in [2.75, 3.05) is 6.61 Å². The number of amides is 1. The molecule has 10 unspecified atom stereocenters. The Bertz CT molecular complexity index is 1460. The average molecular weight is 871 g/mol. The van der Waals surface area contributed by atoms with Crippen molar-refractivity contribution in [1.29, 1.82) is 0 Å². The fourth-order valence-electron chi connectivity index (χ4n) is 8.67. The summed E-state index contributed by atoms with van der Waals surface area (Å²) in [4.78, 5) is 52.8. The molecule has 3 fully saturated rings. The van der Waals surface area contributed by atoms with Crippen molar-refractivity contribution < 1.29 is 97.9 Å². The van der Waals surface area contributed by atoms with E-state index in [1.807, 2.05) is 0 Å². The quantitative estimate of drug-likeness (QED) is 0.205. The summed E-state index contributed by atoms with van der Waals surface area (Å²) < 4.78 is 17.6. The summed E-state index contributed by atoms with van der Waals surface area (Å²) in [6.07, 6.45) is -8.11. The second kappa shape index (κ2) is 13.2. The summed E-state index contributed by atoms with van der Waals surface area (Å²) in [5.41, 5.74) is -4.61. The molecule has 47 heavy (non-hydrogen) atoms. The molecule has 255 valence electrons. The van der Waals surface area contributed by atoms with Gasteiger partial charge in [0.2, 0.25) is 5.91 Å². The van der Waals surface area contributed by atoms with Crippen LogP contribution in [0.25, 0.3) is 0 Å². The number of ether oxygens (including phenoxy) is 3. The second-order valence-corrected chi connectivity index (χ2v) is 14.4. The van der Waals surface area contributed by atoms with Gasteiger partial charge in [-0.2, -0.15) is 0 Å². The Morgan fingerprint density at radius 2 is 1.66 bits per heavy atom. The monoisotopic (exact) mass is 870 g/mol. The van der Waals surface area contributed by atoms with Crippen LogP contribution in [0.3, 0.4) is 0 Å². The Morgan fingerprint density at radius 3 is 2.19 bits per heavy atom. The van der Waals surface area contributed by atoms with Gasteiger partial charge in [-0.25, -0.2) is 4.79 Å². The summed E-state index contributed by atoms with van der Waals surface area (Å²) in [5.74, 6) is -4.17. The molecule has 11 atom stereocenters. The van der Waals surface area contributed by atoms with Crippen LogP contribution in [0.2, 0.25) is 0 Å². The molecule has 2 bridgehead atoms. The van der Waals surface area contributed by atoms with Gasteiger partial charge in [-0.15, -0.1) is 0 Å². The number of rotatable bonds is 6. The molecule has 1 radical (unpaired) electrons. The number of Topliss-reactive ketones (excluding diaryl/α,β-unsaturated/α-hetero) is 1. The summed E-state index contributed by atoms with van der Waals surface area (Å²) >= 11 is 0. The molecule has 1 amide bonds. The van der Waals surface area contributed by atoms with E-state index in [1.54, 1.807) is 58.0 Å². The number of fused-ring (bicyclic) bond motifs is 5. The molecule has 4 aliphatic rings. The van der Waals surface area contributed by atoms with Gasteiger partial charge in [0.05, 0.1) is 30.3 Å². The van der Waals surface area contributed by atoms with Gasteiger partial charge in [0, 0.05) is 75.7 Å². The maximum Gasteiger partial charge on any atom is 0.338 e. The number of benzene rings is 1. The van der Waals surface area contributed by atoms with Gasteiger partial charge in [0.25, 0.3) is 0 Å². The average Bonchev–Trinajstić information content (AvgIpc) is 2.98. The van der Waals surface area contributed by atoms with Crippen molar-refractivity contribution in [3.05, 3.63) is 47.0 Å². The van der Waals surface area contributed by atoms with Crippen molar-refractivity contribution in [2.24, 2.45) is 22.2 Å². The fourth-order valence-corrected chi connectivity index (χ4v) is 8.67. The van der Waals surface area contributed by atoms with Crippen molar-refractivity contribution in [2.45, 2.75) is 110 Å². The number of nitrogens with one attached hydrogen (secondary N) is 1. The standard InChI is InChI=1S/C34H45NO11.Ac/c1-16-20(46-30(42)26(40)24(35-17(2)36)19-11-9-8-10-12-19)14-32(6)29(45-18(3)37)27-33(7,21(38)13-22-34(27,43)15-44-22)28(41)25(39)23(16)31(32,4)5;/h8-12,20-22,24-27,29,38-40,43H,13-15H2,1-7H3,(H,35,36);/t20?,21?,22?,24?,25?,26?,27?,29?,32?,33-,34?;/m1./s1. The Labute approximate surface area is 310 Å². The van der Waals surface area contributed by atoms with Gasteiger partial charge in [-0.3, -0.25) is 14.4 Å². The van der Waals surface area contributed by atoms with E-state index in [4.69, 9.17) is 14.2 Å². The van der Waals surface area contributed by atoms with Gasteiger partial charge in [-0.05, 0) is 42.4 Å². The smallest absolute Gasteiger partial charge is 0.338 e. The Morgan fingerprint density at radius 1 is 1.04 bits per heavy atom. The first-order valence-electron chi connectivity index (χ1n) is 15.7. The second-order valence-electron chi connectivity index (χ2n) is 14.4. The predicted molar refractivity (Wildman–Crippen MR) is 162 cm³/mol. The normalized spacial score (nSPS) is 38.5. The van der Waals surface area contributed by atoms with E-state index < -0.39 is 94.1 Å². The van der Waals surface area contributed by atoms with Gasteiger partial charge >= 0.3 is 11.9 Å². The maximum absolute atomic E-state index is 14.4. The van der Waals surface area contributed by atoms with Crippen molar-refractivity contribution in [3.63, 3.8) is 0 Å². The zero-order chi connectivity index (χ0) is 34.1. The number of aliphatic hydroxyl groups excluding tert-OH is 3. The molecule has 5 N–H and O–H groups in total. The molecule has 1 saturated heterocycles. The predicted octanol–water partition coefficient (Wildman–Crippen LogP) is 1.28. The minimum absolute atomic E-state index is 0. The number of aliphatic hydroxyl groups is 4. The Hall–Kier alpha value is -1.72. The fraction of sp³-hybridized carbons (Fsp3) is 0.647. The molecule has 12 nitrogen and oxygen atoms in total. The number of hydrogen-bond acceptors (Lipinski definition) is 11. The van der Waals surface area contributed by atoms with E-state index in [1.165, 1.54) is 20.8 Å². The van der Waals surface area contributed by atoms with Crippen LogP contribution in [0.4, 0.5) is 0 Å². The van der Waals surface area contributed by atoms with Gasteiger partial charge in [-0.1, -0.05) is 51.1 Å². The van der Waals surface area contributed by atoms with E-state index in [2.05, 4.69) is 5.32 Å². The van der Waals surface area contributed by atoms with Gasteiger partial charge in [0.15, 0.2) is 11.9 Å². The third-order valence-electron chi connectivity index (χ3n) is 11.6. The molecule has 1 aromatic rings. The van der Waals surface area contributed by atoms with Crippen molar-refractivity contribution in [3.8, 4) is 0 Å². The summed E-state index contributed by atoms with van der Waals surface area (Å²) in [5, 5.41) is 49.2. The number of hydrogen-bond donors (Lipinski definition) is 5. The molecule has 1 heterocycles. The molecule has 0 aromatic heterocycles. The van der Waals surface area contributed by atoms with Crippen LogP contribution >= 0.6 is 0 Å². The molecule has 13 heteroatoms. The van der Waals surface area contributed by atoms with Gasteiger partial charge in [0.1, 0.15) is 23.9 Å². The first kappa shape index (κ1) is 38.1. The van der Waals surface area contributed by atoms with Crippen LogP contribution in [0.5, 0.6) is 0 Å². The van der Waals surface area contributed by atoms with Crippen molar-refractivity contribution in [1.82, 2.24) is 5.32 Å². The number of carbonyl (C=O) groups is 4. The largest absolute Gasteiger partial charge is 0.461 e. The van der Waals surface area contributed by atoms with E-state index in [-0.39, 0.29) is 69.1 Å². The van der Waals surface area contributed by atoms with E-state index in [9.17, 15) is 39.6 Å². The van der Waals surface area contributed by atoms with Crippen LogP contribution in [0, 0.1) is 66.2 Å². The number of ketones is 1. The minimum atomic E-state index is -1.82. The third kappa shape index (κ3) is 5.85. The topological polar surface area (TPSA) is 189 Å². The first-order chi connectivity index (χ1) is 21.3. The molecular weight excluding hydrogens is 825 g/mol. The minimum Gasteiger partial charge on any atom is -0.461 e. The van der Waals surface area contributed by atoms with Crippen LogP contribution in [-0.2, 0) is 33.4 Å². The van der Waals surface area contributed by atoms with Crippen molar-refractivity contribution >= 4 is 23.6 Å². The van der Waals surface area contributed by atoms with Gasteiger partial charge < -0.3 is 40.0 Å². The molecular formula is C34H45AcNO11. The zero-order valence-corrected chi connectivity index (χ0v) is 32.6. The third-order valence-corrected chi connectivity index (χ3v) is 11.6. The molecule has 1 aromatic carbocycles.